The first-order chi connectivity index (χ1) is 11.2. The second kappa shape index (κ2) is 16.6. The van der Waals surface area contributed by atoms with Gasteiger partial charge < -0.3 is 5.73 Å². The van der Waals surface area contributed by atoms with Crippen LogP contribution in [0.4, 0.5) is 0 Å². The summed E-state index contributed by atoms with van der Waals surface area (Å²) in [6, 6.07) is 0. The predicted molar refractivity (Wildman–Crippen MR) is 107 cm³/mol. The monoisotopic (exact) mass is 323 g/mol. The molecule has 0 unspecified atom stereocenters. The van der Waals surface area contributed by atoms with Crippen LogP contribution in [-0.4, -0.2) is 5.54 Å². The third-order valence-corrected chi connectivity index (χ3v) is 5.34. The van der Waals surface area contributed by atoms with Crippen molar-refractivity contribution in [3.63, 3.8) is 0 Å². The van der Waals surface area contributed by atoms with Crippen molar-refractivity contribution in [3.8, 4) is 0 Å². The Morgan fingerprint density at radius 3 is 1.52 bits per heavy atom. The summed E-state index contributed by atoms with van der Waals surface area (Å²) in [5, 5.41) is 0. The second-order valence-corrected chi connectivity index (χ2v) is 7.40. The Bertz CT molecular complexity index is 253. The Morgan fingerprint density at radius 2 is 1.04 bits per heavy atom. The third kappa shape index (κ3) is 15.0. The number of rotatable bonds is 17. The lowest BCUT2D eigenvalue weighted by atomic mass is 9.88. The molecule has 138 valence electrons. The number of hydrogen-bond donors (Lipinski definition) is 1. The van der Waals surface area contributed by atoms with E-state index in [4.69, 9.17) is 5.73 Å². The summed E-state index contributed by atoms with van der Waals surface area (Å²) in [6.45, 7) is 6.73. The molecule has 1 nitrogen and oxygen atoms in total. The molecule has 0 rings (SSSR count). The molecule has 2 N–H and O–H groups in total. The molecule has 0 radical (unpaired) electrons. The van der Waals surface area contributed by atoms with Crippen LogP contribution >= 0.6 is 0 Å². The maximum atomic E-state index is 6.34. The average molecular weight is 324 g/mol. The lowest BCUT2D eigenvalue weighted by Crippen LogP contribution is -2.38. The zero-order valence-corrected chi connectivity index (χ0v) is 16.5. The van der Waals surface area contributed by atoms with Gasteiger partial charge >= 0.3 is 0 Å². The largest absolute Gasteiger partial charge is 0.325 e. The fraction of sp³-hybridized carbons (Fsp3) is 0.909. The van der Waals surface area contributed by atoms with E-state index in [1.165, 1.54) is 89.9 Å². The van der Waals surface area contributed by atoms with E-state index in [9.17, 15) is 0 Å². The van der Waals surface area contributed by atoms with Crippen LogP contribution in [0.5, 0.6) is 0 Å². The smallest absolute Gasteiger partial charge is 0.0149 e. The highest BCUT2D eigenvalue weighted by Gasteiger charge is 2.18. The van der Waals surface area contributed by atoms with E-state index < -0.39 is 0 Å². The van der Waals surface area contributed by atoms with Gasteiger partial charge in [0.2, 0.25) is 0 Å². The number of unbranched alkanes of at least 4 members (excludes halogenated alkanes) is 11. The molecule has 1 heteroatoms. The molecular weight excluding hydrogens is 278 g/mol. The minimum atomic E-state index is 0.110. The molecule has 0 saturated heterocycles. The van der Waals surface area contributed by atoms with Gasteiger partial charge in [-0.3, -0.25) is 0 Å². The van der Waals surface area contributed by atoms with Gasteiger partial charge in [-0.05, 0) is 44.9 Å². The molecule has 0 fully saturated rings. The van der Waals surface area contributed by atoms with Crippen molar-refractivity contribution in [1.82, 2.24) is 0 Å². The maximum absolute atomic E-state index is 6.34. The molecule has 0 amide bonds. The molecule has 0 heterocycles. The van der Waals surface area contributed by atoms with Gasteiger partial charge in [0.05, 0.1) is 0 Å². The summed E-state index contributed by atoms with van der Waals surface area (Å²) in [5.74, 6) is 0. The van der Waals surface area contributed by atoms with Gasteiger partial charge in [0.1, 0.15) is 0 Å². The van der Waals surface area contributed by atoms with E-state index in [0.717, 1.165) is 12.8 Å². The highest BCUT2D eigenvalue weighted by molar-refractivity contribution is 4.82. The topological polar surface area (TPSA) is 26.0 Å². The maximum Gasteiger partial charge on any atom is 0.0149 e. The van der Waals surface area contributed by atoms with Crippen molar-refractivity contribution >= 4 is 0 Å². The molecule has 0 aromatic carbocycles. The fourth-order valence-corrected chi connectivity index (χ4v) is 3.15. The molecule has 0 aromatic rings. The van der Waals surface area contributed by atoms with Crippen molar-refractivity contribution in [3.05, 3.63) is 12.2 Å². The van der Waals surface area contributed by atoms with Crippen molar-refractivity contribution in [2.45, 2.75) is 129 Å². The summed E-state index contributed by atoms with van der Waals surface area (Å²) in [5.41, 5.74) is 6.45. The summed E-state index contributed by atoms with van der Waals surface area (Å²) in [7, 11) is 0. The summed E-state index contributed by atoms with van der Waals surface area (Å²) in [4.78, 5) is 0. The van der Waals surface area contributed by atoms with Gasteiger partial charge in [-0.1, -0.05) is 90.7 Å². The Balaban J connectivity index is 3.25. The van der Waals surface area contributed by atoms with Gasteiger partial charge in [0.15, 0.2) is 0 Å². The standard InChI is InChI=1S/C22H45N/c1-4-7-8-9-10-11-12-13-14-15-16-17-18-19-20-21-22(23,5-2)6-3/h13-14H,4-12,15-21,23H2,1-3H3. The van der Waals surface area contributed by atoms with Crippen LogP contribution in [0.15, 0.2) is 12.2 Å². The summed E-state index contributed by atoms with van der Waals surface area (Å²) in [6.07, 6.45) is 26.1. The number of hydrogen-bond acceptors (Lipinski definition) is 1. The molecule has 0 aliphatic rings. The SMILES string of the molecule is CCCCCCCCC=CCCCCCCCC(N)(CC)CC. The van der Waals surface area contributed by atoms with E-state index in [1.807, 2.05) is 0 Å². The molecule has 0 atom stereocenters. The Hall–Kier alpha value is -0.300. The lowest BCUT2D eigenvalue weighted by Gasteiger charge is -2.26. The van der Waals surface area contributed by atoms with Gasteiger partial charge in [0, 0.05) is 5.54 Å². The van der Waals surface area contributed by atoms with Crippen LogP contribution < -0.4 is 5.73 Å². The molecule has 0 spiro atoms. The van der Waals surface area contributed by atoms with Crippen LogP contribution in [0.1, 0.15) is 124 Å². The normalized spacial score (nSPS) is 12.3. The van der Waals surface area contributed by atoms with Crippen molar-refractivity contribution in [1.29, 1.82) is 0 Å². The zero-order chi connectivity index (χ0) is 17.2. The Morgan fingerprint density at radius 1 is 0.609 bits per heavy atom. The molecule has 0 aromatic heterocycles. The highest BCUT2D eigenvalue weighted by atomic mass is 14.7. The van der Waals surface area contributed by atoms with E-state index >= 15 is 0 Å². The third-order valence-electron chi connectivity index (χ3n) is 5.34. The van der Waals surface area contributed by atoms with Crippen molar-refractivity contribution < 1.29 is 0 Å². The Kier molecular flexibility index (Phi) is 16.3. The lowest BCUT2D eigenvalue weighted by molar-refractivity contribution is 0.350. The van der Waals surface area contributed by atoms with Gasteiger partial charge in [0.25, 0.3) is 0 Å². The minimum Gasteiger partial charge on any atom is -0.325 e. The number of nitrogens with two attached hydrogens (primary N) is 1. The molecule has 0 bridgehead atoms. The van der Waals surface area contributed by atoms with E-state index in [1.54, 1.807) is 0 Å². The van der Waals surface area contributed by atoms with Gasteiger partial charge in [-0.25, -0.2) is 0 Å². The first-order valence-electron chi connectivity index (χ1n) is 10.6. The molecule has 0 saturated carbocycles. The quantitative estimate of drug-likeness (QED) is 0.217. The Labute approximate surface area is 147 Å². The van der Waals surface area contributed by atoms with E-state index in [-0.39, 0.29) is 5.54 Å². The number of allylic oxidation sites excluding steroid dienone is 2. The summed E-state index contributed by atoms with van der Waals surface area (Å²) < 4.78 is 0. The van der Waals surface area contributed by atoms with Crippen LogP contribution in [0.2, 0.25) is 0 Å². The first-order valence-corrected chi connectivity index (χ1v) is 10.6. The van der Waals surface area contributed by atoms with Gasteiger partial charge in [-0.15, -0.1) is 0 Å². The molecule has 0 aliphatic heterocycles. The molecular formula is C22H45N. The fourth-order valence-electron chi connectivity index (χ4n) is 3.15. The molecule has 0 aliphatic carbocycles. The van der Waals surface area contributed by atoms with Crippen LogP contribution in [0.25, 0.3) is 0 Å². The van der Waals surface area contributed by atoms with Crippen LogP contribution in [0.3, 0.4) is 0 Å². The minimum absolute atomic E-state index is 0.110. The summed E-state index contributed by atoms with van der Waals surface area (Å²) >= 11 is 0. The van der Waals surface area contributed by atoms with Gasteiger partial charge in [-0.2, -0.15) is 0 Å². The zero-order valence-electron chi connectivity index (χ0n) is 16.5. The first kappa shape index (κ1) is 22.7. The van der Waals surface area contributed by atoms with Crippen LogP contribution in [0, 0.1) is 0 Å². The molecule has 23 heavy (non-hydrogen) atoms. The van der Waals surface area contributed by atoms with Crippen molar-refractivity contribution in [2.75, 3.05) is 0 Å². The second-order valence-electron chi connectivity index (χ2n) is 7.40. The highest BCUT2D eigenvalue weighted by Crippen LogP contribution is 2.20. The van der Waals surface area contributed by atoms with Crippen molar-refractivity contribution in [2.24, 2.45) is 5.73 Å². The van der Waals surface area contributed by atoms with Crippen LogP contribution in [-0.2, 0) is 0 Å². The van der Waals surface area contributed by atoms with E-state index in [2.05, 4.69) is 32.9 Å². The predicted octanol–water partition coefficient (Wildman–Crippen LogP) is 7.54. The van der Waals surface area contributed by atoms with E-state index in [0.29, 0.717) is 0 Å². The average Bonchev–Trinajstić information content (AvgIpc) is 2.58.